The lowest BCUT2D eigenvalue weighted by atomic mass is 9.93. The molecule has 4 N–H and O–H groups in total. The van der Waals surface area contributed by atoms with Crippen LogP contribution in [-0.4, -0.2) is 22.2 Å². The highest BCUT2D eigenvalue weighted by atomic mass is 15.2. The Labute approximate surface area is 194 Å². The van der Waals surface area contributed by atoms with Gasteiger partial charge in [-0.25, -0.2) is 9.97 Å². The first kappa shape index (κ1) is 21.8. The van der Waals surface area contributed by atoms with Gasteiger partial charge < -0.3 is 16.0 Å². The largest absolute Gasteiger partial charge is 0.383 e. The Balaban J connectivity index is 1.78. The van der Waals surface area contributed by atoms with E-state index in [0.29, 0.717) is 17.9 Å². The Hall–Kier alpha value is -4.37. The Morgan fingerprint density at radius 3 is 2.64 bits per heavy atom. The van der Waals surface area contributed by atoms with Crippen LogP contribution in [0.3, 0.4) is 0 Å². The quantitative estimate of drug-likeness (QED) is 0.388. The van der Waals surface area contributed by atoms with Crippen molar-refractivity contribution in [2.24, 2.45) is 0 Å². The van der Waals surface area contributed by atoms with Crippen LogP contribution in [0.15, 0.2) is 61.1 Å². The van der Waals surface area contributed by atoms with Gasteiger partial charge >= 0.3 is 0 Å². The smallest absolute Gasteiger partial charge is 0.142 e. The number of hydrogen-bond acceptors (Lipinski definition) is 6. The monoisotopic (exact) mass is 434 g/mol. The van der Waals surface area contributed by atoms with Gasteiger partial charge in [-0.1, -0.05) is 48.9 Å². The molecular formula is C27H26N6. The number of nitrogen functional groups attached to an aromatic ring is 1. The van der Waals surface area contributed by atoms with Crippen LogP contribution in [0.4, 0.5) is 17.3 Å². The number of aromatic nitrogens is 2. The molecule has 0 unspecified atom stereocenters. The first-order chi connectivity index (χ1) is 15.9. The lowest BCUT2D eigenvalue weighted by Gasteiger charge is -2.35. The molecule has 0 saturated carbocycles. The fourth-order valence-corrected chi connectivity index (χ4v) is 4.12. The van der Waals surface area contributed by atoms with Crippen LogP contribution in [0.2, 0.25) is 0 Å². The number of benzene rings is 2. The molecule has 1 aliphatic heterocycles. The summed E-state index contributed by atoms with van der Waals surface area (Å²) in [5.74, 6) is 6.18. The standard InChI is InChI=1S/C27H26N6/c1-5-9-22(28)25-26(29)31-16-32-27(25)30-15-21-14-20-12-8-11-18(3)24(20)19(4)33(21)23-13-7-6-10-17(23)2/h6-8,10-14,16,28H,4,15H2,1-3H3,(H3,29,30,31,32). The number of para-hydroxylation sites is 1. The van der Waals surface area contributed by atoms with E-state index in [0.717, 1.165) is 33.8 Å². The van der Waals surface area contributed by atoms with Crippen molar-refractivity contribution in [2.75, 3.05) is 22.5 Å². The molecule has 4 rings (SSSR count). The molecule has 0 atom stereocenters. The van der Waals surface area contributed by atoms with E-state index in [2.05, 4.69) is 88.9 Å². The topological polar surface area (TPSA) is 90.9 Å². The number of nitrogens with two attached hydrogens (primary N) is 1. The Morgan fingerprint density at radius 1 is 1.12 bits per heavy atom. The molecular weight excluding hydrogens is 408 g/mol. The minimum Gasteiger partial charge on any atom is -0.383 e. The van der Waals surface area contributed by atoms with Crippen molar-refractivity contribution in [1.82, 2.24) is 9.97 Å². The van der Waals surface area contributed by atoms with Gasteiger partial charge in [0.2, 0.25) is 0 Å². The highest BCUT2D eigenvalue weighted by Gasteiger charge is 2.26. The van der Waals surface area contributed by atoms with Crippen LogP contribution in [0.1, 0.15) is 34.7 Å². The fourth-order valence-electron chi connectivity index (χ4n) is 4.12. The van der Waals surface area contributed by atoms with Gasteiger partial charge in [0.1, 0.15) is 23.7 Å². The summed E-state index contributed by atoms with van der Waals surface area (Å²) in [6.07, 6.45) is 3.55. The van der Waals surface area contributed by atoms with Gasteiger partial charge in [0.15, 0.2) is 0 Å². The Bertz CT molecular complexity index is 1360. The lowest BCUT2D eigenvalue weighted by Crippen LogP contribution is -2.29. The van der Waals surface area contributed by atoms with E-state index in [1.165, 1.54) is 11.9 Å². The summed E-state index contributed by atoms with van der Waals surface area (Å²) in [6, 6.07) is 14.5. The molecule has 6 heteroatoms. The average Bonchev–Trinajstić information content (AvgIpc) is 2.78. The molecule has 6 nitrogen and oxygen atoms in total. The molecule has 0 bridgehead atoms. The number of anilines is 3. The predicted molar refractivity (Wildman–Crippen MR) is 137 cm³/mol. The minimum absolute atomic E-state index is 0.0804. The number of rotatable bonds is 5. The SMILES string of the molecule is C=C1c2c(C)cccc2C=C(CNc2ncnc(N)c2C(=N)C#CC)N1c1ccccc1C. The second kappa shape index (κ2) is 9.01. The maximum absolute atomic E-state index is 8.28. The summed E-state index contributed by atoms with van der Waals surface area (Å²) in [4.78, 5) is 10.6. The van der Waals surface area contributed by atoms with E-state index < -0.39 is 0 Å². The second-order valence-corrected chi connectivity index (χ2v) is 7.83. The lowest BCUT2D eigenvalue weighted by molar-refractivity contribution is 1.06. The molecule has 0 amide bonds. The van der Waals surface area contributed by atoms with Crippen LogP contribution >= 0.6 is 0 Å². The Morgan fingerprint density at radius 2 is 1.88 bits per heavy atom. The van der Waals surface area contributed by atoms with Crippen LogP contribution in [0.5, 0.6) is 0 Å². The van der Waals surface area contributed by atoms with E-state index in [-0.39, 0.29) is 11.5 Å². The van der Waals surface area contributed by atoms with Crippen LogP contribution in [0, 0.1) is 31.1 Å². The third-order valence-electron chi connectivity index (χ3n) is 5.64. The number of aryl methyl sites for hydroxylation is 2. The maximum atomic E-state index is 8.28. The van der Waals surface area contributed by atoms with E-state index >= 15 is 0 Å². The predicted octanol–water partition coefficient (Wildman–Crippen LogP) is 5.01. The maximum Gasteiger partial charge on any atom is 0.142 e. The third-order valence-corrected chi connectivity index (χ3v) is 5.64. The van der Waals surface area contributed by atoms with Crippen molar-refractivity contribution in [1.29, 1.82) is 5.41 Å². The van der Waals surface area contributed by atoms with Gasteiger partial charge in [0.05, 0.1) is 12.1 Å². The normalized spacial score (nSPS) is 12.4. The van der Waals surface area contributed by atoms with E-state index in [1.54, 1.807) is 6.92 Å². The summed E-state index contributed by atoms with van der Waals surface area (Å²) in [5.41, 5.74) is 14.1. The molecule has 1 aromatic heterocycles. The van der Waals surface area contributed by atoms with Crippen molar-refractivity contribution in [3.8, 4) is 11.8 Å². The molecule has 0 spiro atoms. The molecule has 0 radical (unpaired) electrons. The molecule has 0 fully saturated rings. The van der Waals surface area contributed by atoms with Crippen molar-refractivity contribution in [3.05, 3.63) is 88.9 Å². The van der Waals surface area contributed by atoms with Crippen molar-refractivity contribution in [3.63, 3.8) is 0 Å². The van der Waals surface area contributed by atoms with Gasteiger partial charge in [-0.2, -0.15) is 0 Å². The number of fused-ring (bicyclic) bond motifs is 1. The summed E-state index contributed by atoms with van der Waals surface area (Å²) in [5, 5.41) is 11.6. The van der Waals surface area contributed by atoms with Crippen LogP contribution in [-0.2, 0) is 0 Å². The van der Waals surface area contributed by atoms with E-state index in [9.17, 15) is 0 Å². The number of nitrogens with one attached hydrogen (secondary N) is 2. The van der Waals surface area contributed by atoms with Gasteiger partial charge in [0.25, 0.3) is 0 Å². The van der Waals surface area contributed by atoms with Crippen LogP contribution < -0.4 is 16.0 Å². The third kappa shape index (κ3) is 4.09. The van der Waals surface area contributed by atoms with Crippen molar-refractivity contribution >= 4 is 34.8 Å². The first-order valence-electron chi connectivity index (χ1n) is 10.6. The second-order valence-electron chi connectivity index (χ2n) is 7.83. The fraction of sp³-hybridized carbons (Fsp3) is 0.148. The molecule has 2 heterocycles. The van der Waals surface area contributed by atoms with Gasteiger partial charge in [-0.05, 0) is 55.5 Å². The zero-order valence-corrected chi connectivity index (χ0v) is 19.0. The highest BCUT2D eigenvalue weighted by Crippen LogP contribution is 2.39. The minimum atomic E-state index is 0.0804. The highest BCUT2D eigenvalue weighted by molar-refractivity contribution is 6.16. The number of nitrogens with zero attached hydrogens (tertiary/aromatic N) is 3. The van der Waals surface area contributed by atoms with Crippen molar-refractivity contribution in [2.45, 2.75) is 20.8 Å². The summed E-state index contributed by atoms with van der Waals surface area (Å²) in [7, 11) is 0. The summed E-state index contributed by atoms with van der Waals surface area (Å²) in [6.45, 7) is 10.8. The molecule has 1 aliphatic rings. The van der Waals surface area contributed by atoms with E-state index in [4.69, 9.17) is 11.1 Å². The zero-order valence-electron chi connectivity index (χ0n) is 19.0. The molecule has 164 valence electrons. The van der Waals surface area contributed by atoms with E-state index in [1.807, 2.05) is 12.1 Å². The molecule has 0 saturated heterocycles. The van der Waals surface area contributed by atoms with Crippen LogP contribution in [0.25, 0.3) is 11.8 Å². The van der Waals surface area contributed by atoms with Gasteiger partial charge in [0, 0.05) is 22.6 Å². The molecule has 33 heavy (non-hydrogen) atoms. The first-order valence-corrected chi connectivity index (χ1v) is 10.6. The molecule has 0 aliphatic carbocycles. The molecule has 2 aromatic carbocycles. The van der Waals surface area contributed by atoms with Gasteiger partial charge in [-0.15, -0.1) is 0 Å². The zero-order chi connectivity index (χ0) is 23.5. The Kier molecular flexibility index (Phi) is 5.97. The molecule has 3 aromatic rings. The average molecular weight is 435 g/mol. The number of hydrogen-bond donors (Lipinski definition) is 3. The summed E-state index contributed by atoms with van der Waals surface area (Å²) < 4.78 is 0. The van der Waals surface area contributed by atoms with Crippen molar-refractivity contribution < 1.29 is 0 Å². The van der Waals surface area contributed by atoms with Gasteiger partial charge in [-0.3, -0.25) is 5.41 Å². The summed E-state index contributed by atoms with van der Waals surface area (Å²) >= 11 is 0.